The molecule has 24 heavy (non-hydrogen) atoms. The van der Waals surface area contributed by atoms with Crippen LogP contribution in [0.5, 0.6) is 0 Å². The second-order valence-corrected chi connectivity index (χ2v) is 8.70. The Kier molecular flexibility index (Phi) is 4.45. The summed E-state index contributed by atoms with van der Waals surface area (Å²) in [6.45, 7) is 3.01. The highest BCUT2D eigenvalue weighted by atomic mass is 32.2. The highest BCUT2D eigenvalue weighted by molar-refractivity contribution is 7.90. The summed E-state index contributed by atoms with van der Waals surface area (Å²) in [5.41, 5.74) is 2.48. The summed E-state index contributed by atoms with van der Waals surface area (Å²) >= 11 is 0. The van der Waals surface area contributed by atoms with Crippen molar-refractivity contribution in [2.24, 2.45) is 5.92 Å². The molecule has 3 rings (SSSR count). The van der Waals surface area contributed by atoms with Crippen LogP contribution in [0.15, 0.2) is 30.5 Å². The number of rotatable bonds is 3. The van der Waals surface area contributed by atoms with Gasteiger partial charge in [-0.25, -0.2) is 13.2 Å². The van der Waals surface area contributed by atoms with E-state index in [1.54, 1.807) is 11.1 Å². The molecule has 0 radical (unpaired) electrons. The standard InChI is InChI=1S/C17H21N3O3S/c1-12-8-14-4-3-6-18-16(14)15(9-12)19-17(21)20-7-5-13(10-20)11-24(2,22)23/h3-4,6,8-9,13H,5,7,10-11H2,1-2H3,(H,19,21)/t13-/m1/s1. The van der Waals surface area contributed by atoms with E-state index in [2.05, 4.69) is 10.3 Å². The predicted octanol–water partition coefficient (Wildman–Crippen LogP) is 2.44. The molecule has 2 amide bonds. The Labute approximate surface area is 141 Å². The molecule has 2 aromatic rings. The van der Waals surface area contributed by atoms with E-state index in [1.165, 1.54) is 6.26 Å². The quantitative estimate of drug-likeness (QED) is 0.925. The van der Waals surface area contributed by atoms with Crippen LogP contribution in [-0.4, -0.2) is 49.4 Å². The first kappa shape index (κ1) is 16.7. The van der Waals surface area contributed by atoms with E-state index in [0.717, 1.165) is 16.5 Å². The van der Waals surface area contributed by atoms with Gasteiger partial charge in [-0.1, -0.05) is 6.07 Å². The number of carbonyl (C=O) groups excluding carboxylic acids is 1. The fraction of sp³-hybridized carbons (Fsp3) is 0.412. The van der Waals surface area contributed by atoms with E-state index in [1.807, 2.05) is 31.2 Å². The van der Waals surface area contributed by atoms with Crippen molar-refractivity contribution in [3.05, 3.63) is 36.0 Å². The highest BCUT2D eigenvalue weighted by Gasteiger charge is 2.28. The monoisotopic (exact) mass is 347 g/mol. The number of urea groups is 1. The first-order valence-electron chi connectivity index (χ1n) is 7.91. The van der Waals surface area contributed by atoms with Gasteiger partial charge in [-0.2, -0.15) is 0 Å². The fourth-order valence-electron chi connectivity index (χ4n) is 3.21. The Morgan fingerprint density at radius 3 is 2.96 bits per heavy atom. The maximum atomic E-state index is 12.5. The molecule has 2 heterocycles. The number of hydrogen-bond acceptors (Lipinski definition) is 4. The number of likely N-dealkylation sites (tertiary alicyclic amines) is 1. The van der Waals surface area contributed by atoms with Crippen molar-refractivity contribution in [2.45, 2.75) is 13.3 Å². The minimum absolute atomic E-state index is 0.0122. The van der Waals surface area contributed by atoms with Gasteiger partial charge in [-0.3, -0.25) is 4.98 Å². The van der Waals surface area contributed by atoms with Crippen molar-refractivity contribution in [1.82, 2.24) is 9.88 Å². The third kappa shape index (κ3) is 3.84. The van der Waals surface area contributed by atoms with E-state index in [4.69, 9.17) is 0 Å². The van der Waals surface area contributed by atoms with E-state index in [0.29, 0.717) is 25.2 Å². The van der Waals surface area contributed by atoms with Crippen molar-refractivity contribution in [3.63, 3.8) is 0 Å². The fourth-order valence-corrected chi connectivity index (χ4v) is 4.34. The maximum Gasteiger partial charge on any atom is 0.321 e. The number of nitrogens with zero attached hydrogens (tertiary/aromatic N) is 2. The second kappa shape index (κ2) is 6.39. The lowest BCUT2D eigenvalue weighted by Crippen LogP contribution is -2.33. The molecule has 0 unspecified atom stereocenters. The number of carbonyl (C=O) groups is 1. The Bertz CT molecular complexity index is 880. The predicted molar refractivity (Wildman–Crippen MR) is 94.9 cm³/mol. The molecule has 6 nitrogen and oxygen atoms in total. The smallest absolute Gasteiger partial charge is 0.321 e. The van der Waals surface area contributed by atoms with Gasteiger partial charge >= 0.3 is 6.03 Å². The molecule has 0 bridgehead atoms. The number of nitrogens with one attached hydrogen (secondary N) is 1. The summed E-state index contributed by atoms with van der Waals surface area (Å²) in [7, 11) is -3.02. The van der Waals surface area contributed by atoms with Gasteiger partial charge in [-0.05, 0) is 43.0 Å². The summed E-state index contributed by atoms with van der Waals surface area (Å²) in [4.78, 5) is 18.5. The second-order valence-electron chi connectivity index (χ2n) is 6.51. The van der Waals surface area contributed by atoms with Crippen molar-refractivity contribution >= 4 is 32.5 Å². The average molecular weight is 347 g/mol. The van der Waals surface area contributed by atoms with E-state index < -0.39 is 9.84 Å². The summed E-state index contributed by atoms with van der Waals surface area (Å²) in [6, 6.07) is 7.54. The van der Waals surface area contributed by atoms with Crippen molar-refractivity contribution in [3.8, 4) is 0 Å². The van der Waals surface area contributed by atoms with Gasteiger partial charge in [0.15, 0.2) is 0 Å². The number of amides is 2. The number of aromatic nitrogens is 1. The Balaban J connectivity index is 1.74. The molecule has 0 saturated carbocycles. The number of benzene rings is 1. The molecule has 128 valence electrons. The lowest BCUT2D eigenvalue weighted by molar-refractivity contribution is 0.221. The third-order valence-corrected chi connectivity index (χ3v) is 5.28. The highest BCUT2D eigenvalue weighted by Crippen LogP contribution is 2.25. The van der Waals surface area contributed by atoms with Crippen LogP contribution in [0.2, 0.25) is 0 Å². The van der Waals surface area contributed by atoms with Gasteiger partial charge in [0.2, 0.25) is 0 Å². The molecular formula is C17H21N3O3S. The van der Waals surface area contributed by atoms with E-state index in [9.17, 15) is 13.2 Å². The molecule has 1 aliphatic heterocycles. The average Bonchev–Trinajstić information content (AvgIpc) is 2.93. The number of anilines is 1. The largest absolute Gasteiger partial charge is 0.324 e. The Hall–Kier alpha value is -2.15. The molecule has 0 spiro atoms. The van der Waals surface area contributed by atoms with Gasteiger partial charge in [0.1, 0.15) is 9.84 Å². The first-order valence-corrected chi connectivity index (χ1v) is 9.97. The number of pyridine rings is 1. The molecule has 1 aromatic heterocycles. The van der Waals surface area contributed by atoms with Crippen LogP contribution in [0.25, 0.3) is 10.9 Å². The Morgan fingerprint density at radius 2 is 2.21 bits per heavy atom. The minimum atomic E-state index is -3.02. The summed E-state index contributed by atoms with van der Waals surface area (Å²) < 4.78 is 22.8. The zero-order valence-electron chi connectivity index (χ0n) is 13.8. The normalized spacial score (nSPS) is 18.1. The molecule has 1 N–H and O–H groups in total. The van der Waals surface area contributed by atoms with E-state index in [-0.39, 0.29) is 17.7 Å². The SMILES string of the molecule is Cc1cc(NC(=O)N2CC[C@@H](CS(C)(=O)=O)C2)c2ncccc2c1. The zero-order chi connectivity index (χ0) is 17.3. The lowest BCUT2D eigenvalue weighted by Gasteiger charge is -2.18. The number of sulfone groups is 1. The number of aryl methyl sites for hydroxylation is 1. The molecule has 1 fully saturated rings. The van der Waals surface area contributed by atoms with Crippen molar-refractivity contribution in [1.29, 1.82) is 0 Å². The molecular weight excluding hydrogens is 326 g/mol. The van der Waals surface area contributed by atoms with Crippen LogP contribution >= 0.6 is 0 Å². The number of fused-ring (bicyclic) bond motifs is 1. The molecule has 0 aliphatic carbocycles. The van der Waals surface area contributed by atoms with Crippen LogP contribution in [0.4, 0.5) is 10.5 Å². The summed E-state index contributed by atoms with van der Waals surface area (Å²) in [6.07, 6.45) is 3.65. The van der Waals surface area contributed by atoms with Crippen LogP contribution in [-0.2, 0) is 9.84 Å². The first-order chi connectivity index (χ1) is 11.3. The van der Waals surface area contributed by atoms with Crippen molar-refractivity contribution in [2.75, 3.05) is 30.4 Å². The molecule has 1 saturated heterocycles. The maximum absolute atomic E-state index is 12.5. The topological polar surface area (TPSA) is 79.4 Å². The molecule has 1 atom stereocenters. The van der Waals surface area contributed by atoms with Crippen LogP contribution in [0, 0.1) is 12.8 Å². The van der Waals surface area contributed by atoms with Crippen molar-refractivity contribution < 1.29 is 13.2 Å². The summed E-state index contributed by atoms with van der Waals surface area (Å²) in [5, 5.41) is 3.90. The molecule has 7 heteroatoms. The minimum Gasteiger partial charge on any atom is -0.324 e. The van der Waals surface area contributed by atoms with E-state index >= 15 is 0 Å². The van der Waals surface area contributed by atoms with Gasteiger partial charge < -0.3 is 10.2 Å². The van der Waals surface area contributed by atoms with Gasteiger partial charge in [0, 0.05) is 30.9 Å². The molecule has 1 aromatic carbocycles. The van der Waals surface area contributed by atoms with Gasteiger partial charge in [-0.15, -0.1) is 0 Å². The van der Waals surface area contributed by atoms with Crippen LogP contribution in [0.1, 0.15) is 12.0 Å². The van der Waals surface area contributed by atoms with Gasteiger partial charge in [0.05, 0.1) is 17.0 Å². The van der Waals surface area contributed by atoms with Crippen LogP contribution < -0.4 is 5.32 Å². The number of hydrogen-bond donors (Lipinski definition) is 1. The Morgan fingerprint density at radius 1 is 1.42 bits per heavy atom. The third-order valence-electron chi connectivity index (χ3n) is 4.20. The van der Waals surface area contributed by atoms with Gasteiger partial charge in [0.25, 0.3) is 0 Å². The lowest BCUT2D eigenvalue weighted by atomic mass is 10.1. The molecule has 1 aliphatic rings. The summed E-state index contributed by atoms with van der Waals surface area (Å²) in [5.74, 6) is 0.143. The van der Waals surface area contributed by atoms with Crippen LogP contribution in [0.3, 0.4) is 0 Å². The zero-order valence-corrected chi connectivity index (χ0v) is 14.6.